The molecule has 2 heterocycles. The Labute approximate surface area is 182 Å². The molecule has 1 unspecified atom stereocenters. The number of halogens is 1. The maximum absolute atomic E-state index is 12.9. The molecular weight excluding hydrogens is 424 g/mol. The van der Waals surface area contributed by atoms with Gasteiger partial charge in [0.25, 0.3) is 0 Å². The fraction of sp³-hybridized carbons (Fsp3) is 0.286. The molecule has 30 heavy (non-hydrogen) atoms. The number of anilines is 2. The summed E-state index contributed by atoms with van der Waals surface area (Å²) >= 11 is 6.22. The molecular formula is C21H21ClN4O3S. The summed E-state index contributed by atoms with van der Waals surface area (Å²) < 4.78 is 13.5. The molecule has 0 amide bonds. The van der Waals surface area contributed by atoms with E-state index < -0.39 is 16.8 Å². The van der Waals surface area contributed by atoms with E-state index in [9.17, 15) is 13.8 Å². The van der Waals surface area contributed by atoms with Crippen molar-refractivity contribution in [2.24, 2.45) is 0 Å². The first kappa shape index (κ1) is 20.7. The Balaban J connectivity index is 1.50. The predicted octanol–water partition coefficient (Wildman–Crippen LogP) is 2.75. The molecule has 1 fully saturated rings. The quantitative estimate of drug-likeness (QED) is 0.780. The zero-order valence-corrected chi connectivity index (χ0v) is 18.2. The topological polar surface area (TPSA) is 82.6 Å². The van der Waals surface area contributed by atoms with E-state index in [0.29, 0.717) is 11.4 Å². The fourth-order valence-corrected chi connectivity index (χ4v) is 4.48. The summed E-state index contributed by atoms with van der Waals surface area (Å²) in [6, 6.07) is 10.9. The summed E-state index contributed by atoms with van der Waals surface area (Å²) in [6.07, 6.45) is 1.70. The molecule has 1 N–H and O–H groups in total. The van der Waals surface area contributed by atoms with Crippen LogP contribution in [0.25, 0.3) is 0 Å². The van der Waals surface area contributed by atoms with Gasteiger partial charge in [-0.25, -0.2) is 13.5 Å². The highest BCUT2D eigenvalue weighted by atomic mass is 35.5. The Morgan fingerprint density at radius 1 is 1.00 bits per heavy atom. The number of carbonyl (C=O) groups excluding carboxylic acids is 2. The van der Waals surface area contributed by atoms with Gasteiger partial charge in [0.05, 0.1) is 16.5 Å². The van der Waals surface area contributed by atoms with Crippen molar-refractivity contribution in [2.75, 3.05) is 42.7 Å². The van der Waals surface area contributed by atoms with Crippen LogP contribution in [0.2, 0.25) is 0 Å². The molecule has 7 nitrogen and oxygen atoms in total. The second-order valence-electron chi connectivity index (χ2n) is 7.21. The molecule has 9 heteroatoms. The molecule has 0 bridgehead atoms. The van der Waals surface area contributed by atoms with Crippen molar-refractivity contribution in [3.63, 3.8) is 0 Å². The van der Waals surface area contributed by atoms with Gasteiger partial charge in [0, 0.05) is 49.5 Å². The first-order valence-corrected chi connectivity index (χ1v) is 11.4. The second kappa shape index (κ2) is 8.29. The van der Waals surface area contributed by atoms with E-state index in [1.807, 2.05) is 28.6 Å². The largest absolute Gasteiger partial charge is 0.369 e. The third kappa shape index (κ3) is 3.90. The van der Waals surface area contributed by atoms with Crippen molar-refractivity contribution in [3.8, 4) is 0 Å². The average molecular weight is 445 g/mol. The molecule has 2 aliphatic rings. The van der Waals surface area contributed by atoms with Crippen molar-refractivity contribution in [1.82, 2.24) is 9.29 Å². The summed E-state index contributed by atoms with van der Waals surface area (Å²) in [7, 11) is -0.943. The van der Waals surface area contributed by atoms with Crippen molar-refractivity contribution < 1.29 is 13.8 Å². The van der Waals surface area contributed by atoms with Gasteiger partial charge >= 0.3 is 0 Å². The fourth-order valence-electron chi connectivity index (χ4n) is 3.58. The van der Waals surface area contributed by atoms with Gasteiger partial charge in [-0.2, -0.15) is 0 Å². The summed E-state index contributed by atoms with van der Waals surface area (Å²) in [4.78, 5) is 31.8. The number of fused-ring (bicyclic) bond motifs is 1. The Hall–Kier alpha value is -2.55. The minimum Gasteiger partial charge on any atom is -0.369 e. The number of ketones is 2. The molecule has 1 aliphatic carbocycles. The Morgan fingerprint density at radius 2 is 1.67 bits per heavy atom. The first-order chi connectivity index (χ1) is 14.3. The maximum atomic E-state index is 12.9. The number of allylic oxidation sites excluding steroid dienone is 2. The van der Waals surface area contributed by atoms with Crippen LogP contribution in [-0.2, 0) is 11.0 Å². The van der Waals surface area contributed by atoms with Crippen LogP contribution in [0.4, 0.5) is 11.4 Å². The highest BCUT2D eigenvalue weighted by molar-refractivity contribution is 7.81. The molecule has 0 spiro atoms. The molecule has 1 aromatic carbocycles. The molecule has 0 saturated carbocycles. The SMILES string of the molecule is Cc1ccc2c(n1)C(=O)C(Cl)=C(Nc1ccc(N3CCN(S(C)=O)CC3)cc1)C2=O. The molecule has 1 aromatic heterocycles. The van der Waals surface area contributed by atoms with E-state index >= 15 is 0 Å². The van der Waals surface area contributed by atoms with Gasteiger partial charge in [0.2, 0.25) is 11.6 Å². The number of rotatable bonds is 4. The van der Waals surface area contributed by atoms with Crippen LogP contribution >= 0.6 is 11.6 Å². The van der Waals surface area contributed by atoms with Crippen molar-refractivity contribution in [2.45, 2.75) is 6.92 Å². The van der Waals surface area contributed by atoms with Crippen molar-refractivity contribution >= 4 is 45.5 Å². The number of piperazine rings is 1. The number of benzene rings is 1. The minimum atomic E-state index is -0.943. The Kier molecular flexibility index (Phi) is 5.73. The van der Waals surface area contributed by atoms with E-state index in [1.54, 1.807) is 25.3 Å². The van der Waals surface area contributed by atoms with Gasteiger partial charge in [-0.05, 0) is 43.3 Å². The molecule has 1 atom stereocenters. The van der Waals surface area contributed by atoms with Crippen molar-refractivity contribution in [1.29, 1.82) is 0 Å². The lowest BCUT2D eigenvalue weighted by molar-refractivity contribution is 0.0978. The van der Waals surface area contributed by atoms with Crippen LogP contribution in [0, 0.1) is 6.92 Å². The number of aryl methyl sites for hydroxylation is 1. The van der Waals surface area contributed by atoms with E-state index in [4.69, 9.17) is 11.6 Å². The lowest BCUT2D eigenvalue weighted by atomic mass is 9.96. The highest BCUT2D eigenvalue weighted by Crippen LogP contribution is 2.29. The first-order valence-electron chi connectivity index (χ1n) is 9.52. The van der Waals surface area contributed by atoms with Crippen molar-refractivity contribution in [3.05, 3.63) is 64.1 Å². The summed E-state index contributed by atoms with van der Waals surface area (Å²) in [6.45, 7) is 4.83. The number of nitrogens with zero attached hydrogens (tertiary/aromatic N) is 3. The minimum absolute atomic E-state index is 0.0617. The number of aromatic nitrogens is 1. The molecule has 156 valence electrons. The Morgan fingerprint density at radius 3 is 2.30 bits per heavy atom. The zero-order valence-electron chi connectivity index (χ0n) is 16.6. The number of pyridine rings is 1. The third-order valence-electron chi connectivity index (χ3n) is 5.24. The van der Waals surface area contributed by atoms with Gasteiger partial charge in [0.1, 0.15) is 16.4 Å². The van der Waals surface area contributed by atoms with Crippen LogP contribution in [0.3, 0.4) is 0 Å². The van der Waals surface area contributed by atoms with Gasteiger partial charge in [-0.1, -0.05) is 11.6 Å². The van der Waals surface area contributed by atoms with Crippen LogP contribution in [0.1, 0.15) is 26.5 Å². The monoisotopic (exact) mass is 444 g/mol. The second-order valence-corrected chi connectivity index (χ2v) is 8.95. The molecule has 1 saturated heterocycles. The van der Waals surface area contributed by atoms with E-state index in [2.05, 4.69) is 15.2 Å². The standard InChI is InChI=1S/C21H21ClN4O3S/c1-13-3-8-16-18(23-13)21(28)17(22)19(20(16)27)24-14-4-6-15(7-5-14)25-9-11-26(12-10-25)30(2)29/h3-8,24H,9-12H2,1-2H3. The number of Topliss-reactive ketones (excluding diaryl/α,β-unsaturated/α-hetero) is 2. The van der Waals surface area contributed by atoms with Gasteiger partial charge in [-0.15, -0.1) is 0 Å². The highest BCUT2D eigenvalue weighted by Gasteiger charge is 2.33. The van der Waals surface area contributed by atoms with Gasteiger partial charge in [0.15, 0.2) is 0 Å². The molecule has 0 radical (unpaired) electrons. The third-order valence-corrected chi connectivity index (χ3v) is 6.70. The van der Waals surface area contributed by atoms with Gasteiger partial charge < -0.3 is 10.2 Å². The maximum Gasteiger partial charge on any atom is 0.225 e. The van der Waals surface area contributed by atoms with Gasteiger partial charge in [-0.3, -0.25) is 9.59 Å². The Bertz CT molecular complexity index is 1080. The number of carbonyl (C=O) groups is 2. The van der Waals surface area contributed by atoms with Crippen LogP contribution in [0.15, 0.2) is 47.1 Å². The van der Waals surface area contributed by atoms with E-state index in [-0.39, 0.29) is 27.8 Å². The smallest absolute Gasteiger partial charge is 0.225 e. The van der Waals surface area contributed by atoms with Crippen LogP contribution in [-0.4, -0.2) is 57.5 Å². The molecule has 4 rings (SSSR count). The van der Waals surface area contributed by atoms with E-state index in [0.717, 1.165) is 31.9 Å². The molecule has 2 aromatic rings. The lowest BCUT2D eigenvalue weighted by Gasteiger charge is -2.34. The predicted molar refractivity (Wildman–Crippen MR) is 118 cm³/mol. The number of hydrogen-bond donors (Lipinski definition) is 1. The average Bonchev–Trinajstić information content (AvgIpc) is 2.75. The van der Waals surface area contributed by atoms with Crippen LogP contribution < -0.4 is 10.2 Å². The van der Waals surface area contributed by atoms with E-state index in [1.165, 1.54) is 0 Å². The normalized spacial score (nSPS) is 18.4. The summed E-state index contributed by atoms with van der Waals surface area (Å²) in [5, 5.41) is 2.85. The lowest BCUT2D eigenvalue weighted by Crippen LogP contribution is -2.46. The van der Waals surface area contributed by atoms with Crippen LogP contribution in [0.5, 0.6) is 0 Å². The molecule has 1 aliphatic heterocycles. The number of hydrogen-bond acceptors (Lipinski definition) is 6. The summed E-state index contributed by atoms with van der Waals surface area (Å²) in [5.41, 5.74) is 2.76. The zero-order chi connectivity index (χ0) is 21.4. The number of nitrogens with one attached hydrogen (secondary N) is 1. The summed E-state index contributed by atoms with van der Waals surface area (Å²) in [5.74, 6) is -0.810.